The number of hydrogen-bond donors (Lipinski definition) is 3. The maximum Gasteiger partial charge on any atom is 0.229 e. The summed E-state index contributed by atoms with van der Waals surface area (Å²) in [5, 5.41) is 8.76. The van der Waals surface area contributed by atoms with Crippen molar-refractivity contribution >= 4 is 49.4 Å². The van der Waals surface area contributed by atoms with Gasteiger partial charge in [0.25, 0.3) is 0 Å². The number of nitrogens with zero attached hydrogens (tertiary/aromatic N) is 5. The molecule has 6 rings (SSSR count). The van der Waals surface area contributed by atoms with Crippen LogP contribution in [0.25, 0.3) is 55.8 Å². The van der Waals surface area contributed by atoms with Gasteiger partial charge in [-0.1, -0.05) is 23.7 Å². The van der Waals surface area contributed by atoms with Crippen molar-refractivity contribution in [1.29, 1.82) is 0 Å². The van der Waals surface area contributed by atoms with Crippen molar-refractivity contribution in [3.63, 3.8) is 0 Å². The molecule has 5 aromatic heterocycles. The van der Waals surface area contributed by atoms with Crippen molar-refractivity contribution in [1.82, 2.24) is 35.1 Å². The lowest BCUT2D eigenvalue weighted by atomic mass is 10.1. The molecule has 0 bridgehead atoms. The van der Waals surface area contributed by atoms with E-state index < -0.39 is 10.0 Å². The van der Waals surface area contributed by atoms with Gasteiger partial charge in [0.15, 0.2) is 11.5 Å². The first kappa shape index (κ1) is 22.1. The smallest absolute Gasteiger partial charge is 0.229 e. The third-order valence-electron chi connectivity index (χ3n) is 5.55. The molecular weight excluding hydrogens is 500 g/mol. The summed E-state index contributed by atoms with van der Waals surface area (Å²) >= 11 is 6.20. The molecule has 0 unspecified atom stereocenters. The molecule has 0 aliphatic heterocycles. The summed E-state index contributed by atoms with van der Waals surface area (Å²) in [5.74, 6) is 0.553. The van der Waals surface area contributed by atoms with Crippen molar-refractivity contribution in [2.24, 2.45) is 0 Å². The minimum Gasteiger partial charge on any atom is -0.335 e. The number of fused-ring (bicyclic) bond motifs is 2. The Kier molecular flexibility index (Phi) is 5.16. The van der Waals surface area contributed by atoms with E-state index in [2.05, 4.69) is 34.9 Å². The molecule has 0 saturated carbocycles. The lowest BCUT2D eigenvalue weighted by molar-refractivity contribution is 0.607. The Morgan fingerprint density at radius 2 is 1.78 bits per heavy atom. The number of benzene rings is 1. The molecule has 36 heavy (non-hydrogen) atoms. The van der Waals surface area contributed by atoms with Crippen molar-refractivity contribution in [3.8, 4) is 33.8 Å². The van der Waals surface area contributed by atoms with Crippen LogP contribution in [0.2, 0.25) is 5.02 Å². The highest BCUT2D eigenvalue weighted by Gasteiger charge is 2.17. The highest BCUT2D eigenvalue weighted by atomic mass is 35.5. The fraction of sp³-hybridized carbons (Fsp3) is 0.0417. The van der Waals surface area contributed by atoms with Crippen LogP contribution in [-0.4, -0.2) is 49.8 Å². The predicted octanol–water partition coefficient (Wildman–Crippen LogP) is 4.65. The summed E-state index contributed by atoms with van der Waals surface area (Å²) in [5.41, 5.74) is 6.22. The first-order valence-electron chi connectivity index (χ1n) is 10.7. The lowest BCUT2D eigenvalue weighted by Gasteiger charge is -2.06. The topological polar surface area (TPSA) is 142 Å². The zero-order valence-corrected chi connectivity index (χ0v) is 20.3. The number of sulfonamides is 1. The third kappa shape index (κ3) is 4.14. The van der Waals surface area contributed by atoms with E-state index in [-0.39, 0.29) is 0 Å². The average molecular weight is 517 g/mol. The van der Waals surface area contributed by atoms with Gasteiger partial charge in [0.05, 0.1) is 40.8 Å². The van der Waals surface area contributed by atoms with Gasteiger partial charge in [0.2, 0.25) is 10.0 Å². The zero-order chi connectivity index (χ0) is 24.9. The number of halogens is 1. The van der Waals surface area contributed by atoms with Gasteiger partial charge >= 0.3 is 0 Å². The zero-order valence-electron chi connectivity index (χ0n) is 18.7. The van der Waals surface area contributed by atoms with E-state index in [1.807, 2.05) is 30.3 Å². The van der Waals surface area contributed by atoms with Crippen LogP contribution in [0.3, 0.4) is 0 Å². The molecule has 12 heteroatoms. The Balaban J connectivity index is 1.45. The van der Waals surface area contributed by atoms with Gasteiger partial charge in [-0.05, 0) is 29.8 Å². The number of rotatable bonds is 5. The van der Waals surface area contributed by atoms with Gasteiger partial charge in [0, 0.05) is 40.3 Å². The van der Waals surface area contributed by atoms with E-state index in [1.54, 1.807) is 30.9 Å². The molecule has 0 saturated heterocycles. The van der Waals surface area contributed by atoms with Crippen LogP contribution in [0.15, 0.2) is 67.4 Å². The van der Waals surface area contributed by atoms with Crippen LogP contribution in [-0.2, 0) is 10.0 Å². The van der Waals surface area contributed by atoms with E-state index in [9.17, 15) is 8.42 Å². The van der Waals surface area contributed by atoms with Gasteiger partial charge in [0.1, 0.15) is 5.69 Å². The van der Waals surface area contributed by atoms with Crippen LogP contribution < -0.4 is 4.72 Å². The first-order valence-corrected chi connectivity index (χ1v) is 13.0. The van der Waals surface area contributed by atoms with Crippen LogP contribution >= 0.6 is 11.6 Å². The van der Waals surface area contributed by atoms with Gasteiger partial charge in [-0.15, -0.1) is 0 Å². The summed E-state index contributed by atoms with van der Waals surface area (Å²) in [7, 11) is -3.43. The molecule has 0 fully saturated rings. The fourth-order valence-electron chi connectivity index (χ4n) is 4.02. The molecule has 1 aromatic carbocycles. The molecule has 0 radical (unpaired) electrons. The van der Waals surface area contributed by atoms with Crippen LogP contribution in [0.1, 0.15) is 0 Å². The fourth-order valence-corrected chi connectivity index (χ4v) is 4.75. The number of H-pyrrole nitrogens is 2. The van der Waals surface area contributed by atoms with Crippen molar-refractivity contribution < 1.29 is 8.42 Å². The minimum absolute atomic E-state index is 0.362. The van der Waals surface area contributed by atoms with Gasteiger partial charge in [-0.3, -0.25) is 19.8 Å². The van der Waals surface area contributed by atoms with Crippen molar-refractivity contribution in [3.05, 3.63) is 72.4 Å². The van der Waals surface area contributed by atoms with Crippen molar-refractivity contribution in [2.45, 2.75) is 0 Å². The number of aromatic amines is 2. The second kappa shape index (κ2) is 8.40. The molecule has 0 aliphatic rings. The number of pyridine rings is 3. The maximum atomic E-state index is 11.6. The molecular formula is C24H17ClN8O2S. The average Bonchev–Trinajstić information content (AvgIpc) is 3.46. The number of nitrogens with one attached hydrogen (secondary N) is 3. The van der Waals surface area contributed by atoms with Gasteiger partial charge < -0.3 is 4.98 Å². The Labute approximate surface area is 209 Å². The maximum absolute atomic E-state index is 11.6. The molecule has 6 aromatic rings. The second-order valence-corrected chi connectivity index (χ2v) is 10.4. The van der Waals surface area contributed by atoms with Crippen LogP contribution in [0, 0.1) is 0 Å². The SMILES string of the molecule is CS(=O)(=O)Nc1cncc(-c2cnc3[nH]nc(-c4nc5c(-c6cccc(Cl)c6)cncc5[nH]4)c3c2)c1. The molecule has 5 heterocycles. The third-order valence-corrected chi connectivity index (χ3v) is 6.39. The molecule has 0 amide bonds. The van der Waals surface area contributed by atoms with E-state index in [0.29, 0.717) is 33.4 Å². The summed E-state index contributed by atoms with van der Waals surface area (Å²) in [6.45, 7) is 0. The van der Waals surface area contributed by atoms with E-state index in [4.69, 9.17) is 16.6 Å². The standard InChI is InChI=1S/C24H17ClN8O2S/c1-36(34,35)33-17-6-14(8-26-10-17)15-7-18-22(31-32-23(18)28-9-15)24-29-20-12-27-11-19(21(20)30-24)13-3-2-4-16(25)5-13/h2-12,33H,1H3,(H,29,30)(H,28,31,32). The Morgan fingerprint density at radius 3 is 2.61 bits per heavy atom. The minimum atomic E-state index is -3.43. The van der Waals surface area contributed by atoms with E-state index in [1.165, 1.54) is 6.20 Å². The molecule has 3 N–H and O–H groups in total. The van der Waals surface area contributed by atoms with E-state index in [0.717, 1.165) is 39.4 Å². The molecule has 0 spiro atoms. The molecule has 10 nitrogen and oxygen atoms in total. The van der Waals surface area contributed by atoms with Gasteiger partial charge in [-0.25, -0.2) is 18.4 Å². The summed E-state index contributed by atoms with van der Waals surface area (Å²) in [4.78, 5) is 21.1. The Hall–Kier alpha value is -4.35. The summed E-state index contributed by atoms with van der Waals surface area (Å²) < 4.78 is 25.7. The quantitative estimate of drug-likeness (QED) is 0.302. The Morgan fingerprint density at radius 1 is 0.944 bits per heavy atom. The highest BCUT2D eigenvalue weighted by Crippen LogP contribution is 2.33. The lowest BCUT2D eigenvalue weighted by Crippen LogP contribution is -2.09. The molecule has 0 atom stereocenters. The van der Waals surface area contributed by atoms with Crippen LogP contribution in [0.5, 0.6) is 0 Å². The summed E-state index contributed by atoms with van der Waals surface area (Å²) in [6, 6.07) is 11.1. The Bertz CT molecular complexity index is 1880. The number of hydrogen-bond acceptors (Lipinski definition) is 7. The number of aromatic nitrogens is 7. The highest BCUT2D eigenvalue weighted by molar-refractivity contribution is 7.92. The normalized spacial score (nSPS) is 11.8. The largest absolute Gasteiger partial charge is 0.335 e. The molecule has 0 aliphatic carbocycles. The monoisotopic (exact) mass is 516 g/mol. The van der Waals surface area contributed by atoms with Gasteiger partial charge in [-0.2, -0.15) is 5.10 Å². The first-order chi connectivity index (χ1) is 17.3. The van der Waals surface area contributed by atoms with Crippen molar-refractivity contribution in [2.75, 3.05) is 11.0 Å². The van der Waals surface area contributed by atoms with Crippen LogP contribution in [0.4, 0.5) is 5.69 Å². The second-order valence-electron chi connectivity index (χ2n) is 8.21. The molecule has 178 valence electrons. The number of imidazole rings is 1. The number of anilines is 1. The predicted molar refractivity (Wildman–Crippen MR) is 139 cm³/mol. The van der Waals surface area contributed by atoms with E-state index >= 15 is 0 Å². The summed E-state index contributed by atoms with van der Waals surface area (Å²) in [6.07, 6.45) is 9.31.